The van der Waals surface area contributed by atoms with Crippen LogP contribution in [-0.2, 0) is 18.5 Å². The molecule has 1 aliphatic rings. The van der Waals surface area contributed by atoms with Gasteiger partial charge in [-0.05, 0) is 0 Å². The molecule has 0 aromatic rings. The van der Waals surface area contributed by atoms with Gasteiger partial charge in [-0.1, -0.05) is 0 Å². The quantitative estimate of drug-likeness (QED) is 0.555. The van der Waals surface area contributed by atoms with E-state index in [1.165, 1.54) is 0 Å². The van der Waals surface area contributed by atoms with Crippen LogP contribution in [-0.4, -0.2) is 55.5 Å². The molecule has 1 fully saturated rings. The van der Waals surface area contributed by atoms with Gasteiger partial charge in [0, 0.05) is 0 Å². The summed E-state index contributed by atoms with van der Waals surface area (Å²) in [7, 11) is 11.7. The Morgan fingerprint density at radius 2 is 2.19 bits per heavy atom. The van der Waals surface area contributed by atoms with E-state index in [1.54, 1.807) is 0 Å². The second kappa shape index (κ2) is 6.89. The molecule has 10 heteroatoms. The molecule has 1 saturated heterocycles. The second-order valence-electron chi connectivity index (χ2n) is 3.19. The van der Waals surface area contributed by atoms with E-state index in [4.69, 9.17) is 26.4 Å². The van der Waals surface area contributed by atoms with Gasteiger partial charge in [-0.25, -0.2) is 0 Å². The molecule has 2 radical (unpaired) electrons. The van der Waals surface area contributed by atoms with E-state index in [1.807, 2.05) is 9.47 Å². The summed E-state index contributed by atoms with van der Waals surface area (Å²) in [6, 6.07) is -1.08. The Bertz CT molecular complexity index is 275. The average molecular weight is 283 g/mol. The van der Waals surface area contributed by atoms with Crippen molar-refractivity contribution in [2.24, 2.45) is 0 Å². The minimum atomic E-state index is -1.40. The summed E-state index contributed by atoms with van der Waals surface area (Å²) in [6.45, 7) is -0.0589. The zero-order chi connectivity index (χ0) is 12.2. The van der Waals surface area contributed by atoms with Crippen molar-refractivity contribution in [2.75, 3.05) is 13.2 Å². The molecule has 0 amide bonds. The number of ether oxygens (including phenoxy) is 2. The van der Waals surface area contributed by atoms with Crippen LogP contribution in [0.4, 0.5) is 0 Å². The molecule has 5 unspecified atom stereocenters. The summed E-state index contributed by atoms with van der Waals surface area (Å²) in [6.07, 6.45) is -2.79. The Morgan fingerprint density at radius 3 is 2.75 bits per heavy atom. The molecular formula is C6H11BO6P3+. The Morgan fingerprint density at radius 1 is 1.50 bits per heavy atom. The molecule has 6 nitrogen and oxygen atoms in total. The number of aliphatic hydroxyl groups excluding tert-OH is 2. The van der Waals surface area contributed by atoms with Crippen molar-refractivity contribution < 1.29 is 28.7 Å². The van der Waals surface area contributed by atoms with Crippen LogP contribution in [0, 0.1) is 0 Å². The second-order valence-corrected chi connectivity index (χ2v) is 4.44. The summed E-state index contributed by atoms with van der Waals surface area (Å²) < 4.78 is 20.0. The molecule has 0 saturated carbocycles. The van der Waals surface area contributed by atoms with Crippen molar-refractivity contribution in [1.82, 2.24) is 0 Å². The van der Waals surface area contributed by atoms with Crippen LogP contribution in [0.3, 0.4) is 0 Å². The van der Waals surface area contributed by atoms with Crippen molar-refractivity contribution in [3.63, 3.8) is 0 Å². The van der Waals surface area contributed by atoms with E-state index in [0.717, 1.165) is 0 Å². The topological polar surface area (TPSA) is 77.4 Å². The van der Waals surface area contributed by atoms with E-state index in [-0.39, 0.29) is 13.2 Å². The van der Waals surface area contributed by atoms with Crippen LogP contribution in [0.5, 0.6) is 0 Å². The standard InChI is InChI=1S/C6H11BO6P3/c7-3-4(8)12-5(9)6(13-3,1-10-14)2-11-16-15/h3-5,8-9H,1-2,14H2/q+1. The van der Waals surface area contributed by atoms with Gasteiger partial charge in [0.15, 0.2) is 0 Å². The predicted molar refractivity (Wildman–Crippen MR) is 61.9 cm³/mol. The molecule has 1 heterocycles. The third kappa shape index (κ3) is 3.55. The first-order valence-electron chi connectivity index (χ1n) is 4.29. The van der Waals surface area contributed by atoms with Gasteiger partial charge in [0.25, 0.3) is 0 Å². The van der Waals surface area contributed by atoms with Crippen LogP contribution in [0.25, 0.3) is 0 Å². The van der Waals surface area contributed by atoms with E-state index in [2.05, 4.69) is 8.34 Å². The fourth-order valence-corrected chi connectivity index (χ4v) is 1.98. The summed E-state index contributed by atoms with van der Waals surface area (Å²) >= 11 is 0. The molecular weight excluding hydrogens is 272 g/mol. The molecule has 5 atom stereocenters. The Hall–Kier alpha value is 1.11. The number of rotatable bonds is 4. The zero-order valence-corrected chi connectivity index (χ0v) is 11.2. The van der Waals surface area contributed by atoms with Gasteiger partial charge >= 0.3 is 99.7 Å². The fourth-order valence-electron chi connectivity index (χ4n) is 1.25. The predicted octanol–water partition coefficient (Wildman–Crippen LogP) is -0.0866. The first kappa shape index (κ1) is 15.2. The first-order valence-corrected chi connectivity index (χ1v) is 6.72. The normalized spacial score (nSPS) is 39.5. The van der Waals surface area contributed by atoms with Crippen LogP contribution in [0.2, 0.25) is 0 Å². The summed E-state index contributed by atoms with van der Waals surface area (Å²) in [5, 5.41) is 18.9. The third-order valence-corrected chi connectivity index (χ3v) is 2.82. The molecule has 88 valence electrons. The molecule has 0 aromatic heterocycles. The number of aliphatic hydroxyl groups is 2. The fraction of sp³-hybridized carbons (Fsp3) is 1.00. The third-order valence-electron chi connectivity index (χ3n) is 2.06. The van der Waals surface area contributed by atoms with Gasteiger partial charge < -0.3 is 0 Å². The molecule has 0 bridgehead atoms. The van der Waals surface area contributed by atoms with E-state index in [9.17, 15) is 10.2 Å². The Kier molecular flexibility index (Phi) is 6.53. The minimum absolute atomic E-state index is 0.0252. The number of hydrogen-bond acceptors (Lipinski definition) is 6. The van der Waals surface area contributed by atoms with Gasteiger partial charge in [-0.15, -0.1) is 0 Å². The van der Waals surface area contributed by atoms with Gasteiger partial charge in [-0.2, -0.15) is 0 Å². The first-order chi connectivity index (χ1) is 7.55. The van der Waals surface area contributed by atoms with E-state index < -0.39 is 24.2 Å². The maximum absolute atomic E-state index is 9.71. The van der Waals surface area contributed by atoms with E-state index in [0.29, 0.717) is 7.91 Å². The van der Waals surface area contributed by atoms with Gasteiger partial charge in [0.2, 0.25) is 0 Å². The summed E-state index contributed by atoms with van der Waals surface area (Å²) in [5.74, 6) is 0. The van der Waals surface area contributed by atoms with Crippen molar-refractivity contribution in [3.05, 3.63) is 0 Å². The zero-order valence-electron chi connectivity index (χ0n) is 8.22. The number of hydrogen-bond donors (Lipinski definition) is 2. The van der Waals surface area contributed by atoms with Crippen LogP contribution in [0.1, 0.15) is 0 Å². The average Bonchev–Trinajstić information content (AvgIpc) is 2.24. The molecule has 2 N–H and O–H groups in total. The molecule has 0 aromatic carbocycles. The monoisotopic (exact) mass is 283 g/mol. The van der Waals surface area contributed by atoms with Crippen molar-refractivity contribution in [2.45, 2.75) is 24.2 Å². The SMILES string of the molecule is [B]C1OC(COP)(CO[P+]#P)C(O)OC1O. The van der Waals surface area contributed by atoms with Gasteiger partial charge in [-0.3, -0.25) is 0 Å². The van der Waals surface area contributed by atoms with Crippen molar-refractivity contribution in [3.8, 4) is 0 Å². The Labute approximate surface area is 100 Å². The van der Waals surface area contributed by atoms with Crippen LogP contribution in [0.15, 0.2) is 0 Å². The molecule has 1 rings (SSSR count). The van der Waals surface area contributed by atoms with Crippen molar-refractivity contribution in [1.29, 1.82) is 0 Å². The van der Waals surface area contributed by atoms with Gasteiger partial charge in [0.1, 0.15) is 0 Å². The van der Waals surface area contributed by atoms with Crippen LogP contribution >= 0.6 is 25.7 Å². The van der Waals surface area contributed by atoms with E-state index >= 15 is 0 Å². The summed E-state index contributed by atoms with van der Waals surface area (Å²) in [5.41, 5.74) is -1.28. The molecule has 16 heavy (non-hydrogen) atoms. The molecule has 1 aliphatic heterocycles. The van der Waals surface area contributed by atoms with Gasteiger partial charge in [0.05, 0.1) is 0 Å². The van der Waals surface area contributed by atoms with Crippen LogP contribution < -0.4 is 0 Å². The molecule has 0 spiro atoms. The van der Waals surface area contributed by atoms with Crippen molar-refractivity contribution >= 4 is 33.6 Å². The summed E-state index contributed by atoms with van der Waals surface area (Å²) in [4.78, 5) is 0. The molecule has 0 aliphatic carbocycles. The Balaban J connectivity index is 2.77. The maximum atomic E-state index is 9.71.